The van der Waals surface area contributed by atoms with Crippen molar-refractivity contribution in [3.8, 4) is 5.75 Å². The predicted molar refractivity (Wildman–Crippen MR) is 107 cm³/mol. The molecule has 2 aromatic rings. The van der Waals surface area contributed by atoms with Gasteiger partial charge in [-0.05, 0) is 42.5 Å². The number of ether oxygens (including phenoxy) is 2. The Morgan fingerprint density at radius 3 is 2.65 bits per heavy atom. The van der Waals surface area contributed by atoms with E-state index in [1.54, 1.807) is 24.3 Å². The van der Waals surface area contributed by atoms with Gasteiger partial charge in [-0.2, -0.15) is 0 Å². The van der Waals surface area contributed by atoms with Crippen molar-refractivity contribution < 1.29 is 14.3 Å². The second kappa shape index (κ2) is 9.26. The minimum absolute atomic E-state index is 0.0911. The van der Waals surface area contributed by atoms with E-state index < -0.39 is 0 Å². The molecule has 1 amide bonds. The highest BCUT2D eigenvalue weighted by atomic mass is 79.9. The normalized spacial score (nSPS) is 14.2. The lowest BCUT2D eigenvalue weighted by atomic mass is 10.2. The fourth-order valence-corrected chi connectivity index (χ4v) is 3.18. The molecule has 2 aromatic carbocycles. The molecular formula is C19H20BrClN2O3. The van der Waals surface area contributed by atoms with Crippen molar-refractivity contribution in [1.29, 1.82) is 0 Å². The largest absolute Gasteiger partial charge is 0.493 e. The van der Waals surface area contributed by atoms with Crippen LogP contribution in [0.25, 0.3) is 0 Å². The smallest absolute Gasteiger partial charge is 0.227 e. The molecule has 138 valence electrons. The van der Waals surface area contributed by atoms with E-state index >= 15 is 0 Å². The predicted octanol–water partition coefficient (Wildman–Crippen LogP) is 4.35. The molecule has 0 spiro atoms. The molecule has 0 radical (unpaired) electrons. The van der Waals surface area contributed by atoms with Crippen molar-refractivity contribution >= 4 is 44.8 Å². The van der Waals surface area contributed by atoms with Gasteiger partial charge in [0.2, 0.25) is 5.91 Å². The second-order valence-electron chi connectivity index (χ2n) is 5.86. The lowest BCUT2D eigenvalue weighted by Crippen LogP contribution is -2.36. The molecular weight excluding hydrogens is 420 g/mol. The zero-order chi connectivity index (χ0) is 18.4. The monoisotopic (exact) mass is 438 g/mol. The Kier molecular flexibility index (Phi) is 6.77. The molecule has 1 fully saturated rings. The third-order valence-electron chi connectivity index (χ3n) is 4.00. The van der Waals surface area contributed by atoms with Crippen LogP contribution in [0.2, 0.25) is 5.02 Å². The number of hydrogen-bond donors (Lipinski definition) is 1. The number of carbonyl (C=O) groups is 1. The highest BCUT2D eigenvalue weighted by molar-refractivity contribution is 9.10. The van der Waals surface area contributed by atoms with E-state index in [0.717, 1.165) is 28.9 Å². The van der Waals surface area contributed by atoms with Crippen molar-refractivity contribution in [3.63, 3.8) is 0 Å². The molecule has 1 N–H and O–H groups in total. The molecule has 5 nitrogen and oxygen atoms in total. The Bertz CT molecular complexity index is 749. The van der Waals surface area contributed by atoms with Crippen LogP contribution in [0.4, 0.5) is 11.4 Å². The maximum atomic E-state index is 12.3. The van der Waals surface area contributed by atoms with E-state index in [-0.39, 0.29) is 12.3 Å². The summed E-state index contributed by atoms with van der Waals surface area (Å²) in [6.45, 7) is 3.31. The number of rotatable bonds is 6. The van der Waals surface area contributed by atoms with Crippen LogP contribution in [0.1, 0.15) is 6.42 Å². The highest BCUT2D eigenvalue weighted by Gasteiger charge is 2.16. The molecule has 0 aromatic heterocycles. The summed E-state index contributed by atoms with van der Waals surface area (Å²) in [5.41, 5.74) is 1.79. The molecule has 7 heteroatoms. The van der Waals surface area contributed by atoms with Gasteiger partial charge < -0.3 is 19.7 Å². The van der Waals surface area contributed by atoms with E-state index in [1.165, 1.54) is 0 Å². The van der Waals surface area contributed by atoms with Gasteiger partial charge in [-0.15, -0.1) is 0 Å². The average molecular weight is 440 g/mol. The van der Waals surface area contributed by atoms with Gasteiger partial charge in [0, 0.05) is 22.6 Å². The maximum Gasteiger partial charge on any atom is 0.227 e. The third-order valence-corrected chi connectivity index (χ3v) is 4.74. The van der Waals surface area contributed by atoms with E-state index in [2.05, 4.69) is 26.1 Å². The number of carbonyl (C=O) groups excluding carboxylic acids is 1. The topological polar surface area (TPSA) is 50.8 Å². The van der Waals surface area contributed by atoms with E-state index in [1.807, 2.05) is 18.2 Å². The number of benzene rings is 2. The molecule has 0 atom stereocenters. The van der Waals surface area contributed by atoms with Crippen molar-refractivity contribution in [3.05, 3.63) is 52.0 Å². The van der Waals surface area contributed by atoms with Crippen molar-refractivity contribution in [2.45, 2.75) is 6.42 Å². The number of nitrogens with one attached hydrogen (secondary N) is 1. The van der Waals surface area contributed by atoms with E-state index in [0.29, 0.717) is 30.6 Å². The molecule has 0 aliphatic carbocycles. The average Bonchev–Trinajstić information content (AvgIpc) is 2.64. The van der Waals surface area contributed by atoms with Crippen LogP contribution in [-0.4, -0.2) is 38.8 Å². The third kappa shape index (κ3) is 5.37. The van der Waals surface area contributed by atoms with Crippen LogP contribution in [0.3, 0.4) is 0 Å². The number of anilines is 2. The molecule has 26 heavy (non-hydrogen) atoms. The summed E-state index contributed by atoms with van der Waals surface area (Å²) in [6, 6.07) is 13.0. The van der Waals surface area contributed by atoms with Crippen LogP contribution in [0.5, 0.6) is 5.75 Å². The van der Waals surface area contributed by atoms with Crippen LogP contribution >= 0.6 is 27.5 Å². The van der Waals surface area contributed by atoms with Crippen LogP contribution in [0.15, 0.2) is 46.9 Å². The standard InChI is InChI=1S/C19H20BrClN2O3/c20-14-1-6-18(23-8-11-25-12-9-23)17(13-14)22-19(24)7-10-26-16-4-2-15(21)3-5-16/h1-6,13H,7-12H2,(H,22,24). The van der Waals surface area contributed by atoms with Gasteiger partial charge in [0.05, 0.1) is 37.6 Å². The van der Waals surface area contributed by atoms with Crippen LogP contribution < -0.4 is 15.0 Å². The van der Waals surface area contributed by atoms with Gasteiger partial charge in [0.15, 0.2) is 0 Å². The van der Waals surface area contributed by atoms with Crippen LogP contribution in [-0.2, 0) is 9.53 Å². The number of nitrogens with zero attached hydrogens (tertiary/aromatic N) is 1. The first kappa shape index (κ1) is 19.0. The Balaban J connectivity index is 1.57. The highest BCUT2D eigenvalue weighted by Crippen LogP contribution is 2.30. The zero-order valence-corrected chi connectivity index (χ0v) is 16.6. The Labute approximate surface area is 166 Å². The SMILES string of the molecule is O=C(CCOc1ccc(Cl)cc1)Nc1cc(Br)ccc1N1CCOCC1. The quantitative estimate of drug-likeness (QED) is 0.727. The summed E-state index contributed by atoms with van der Waals surface area (Å²) in [4.78, 5) is 14.6. The number of halogens is 2. The van der Waals surface area contributed by atoms with Gasteiger partial charge in [0.1, 0.15) is 5.75 Å². The summed E-state index contributed by atoms with van der Waals surface area (Å²) in [7, 11) is 0. The van der Waals surface area contributed by atoms with Crippen molar-refractivity contribution in [2.24, 2.45) is 0 Å². The van der Waals surface area contributed by atoms with Gasteiger partial charge in [-0.25, -0.2) is 0 Å². The number of hydrogen-bond acceptors (Lipinski definition) is 4. The van der Waals surface area contributed by atoms with E-state index in [4.69, 9.17) is 21.1 Å². The number of morpholine rings is 1. The summed E-state index contributed by atoms with van der Waals surface area (Å²) < 4.78 is 11.9. The summed E-state index contributed by atoms with van der Waals surface area (Å²) in [5, 5.41) is 3.64. The molecule has 0 unspecified atom stereocenters. The van der Waals surface area contributed by atoms with Gasteiger partial charge in [-0.1, -0.05) is 27.5 Å². The summed E-state index contributed by atoms with van der Waals surface area (Å²) >= 11 is 9.31. The zero-order valence-electron chi connectivity index (χ0n) is 14.2. The molecule has 1 aliphatic heterocycles. The molecule has 0 saturated carbocycles. The van der Waals surface area contributed by atoms with Gasteiger partial charge in [-0.3, -0.25) is 4.79 Å². The lowest BCUT2D eigenvalue weighted by Gasteiger charge is -2.30. The molecule has 3 rings (SSSR count). The van der Waals surface area contributed by atoms with E-state index in [9.17, 15) is 4.79 Å². The Morgan fingerprint density at radius 2 is 1.92 bits per heavy atom. The molecule has 0 bridgehead atoms. The van der Waals surface area contributed by atoms with Crippen LogP contribution in [0, 0.1) is 0 Å². The van der Waals surface area contributed by atoms with Gasteiger partial charge in [0.25, 0.3) is 0 Å². The molecule has 1 heterocycles. The Hall–Kier alpha value is -1.76. The lowest BCUT2D eigenvalue weighted by molar-refractivity contribution is -0.116. The fraction of sp³-hybridized carbons (Fsp3) is 0.316. The Morgan fingerprint density at radius 1 is 1.19 bits per heavy atom. The van der Waals surface area contributed by atoms with Crippen molar-refractivity contribution in [1.82, 2.24) is 0 Å². The number of amides is 1. The molecule has 1 saturated heterocycles. The van der Waals surface area contributed by atoms with Gasteiger partial charge >= 0.3 is 0 Å². The first-order chi connectivity index (χ1) is 12.6. The minimum Gasteiger partial charge on any atom is -0.493 e. The summed E-state index contributed by atoms with van der Waals surface area (Å²) in [6.07, 6.45) is 0.262. The van der Waals surface area contributed by atoms with Crippen molar-refractivity contribution in [2.75, 3.05) is 43.1 Å². The second-order valence-corrected chi connectivity index (χ2v) is 7.21. The minimum atomic E-state index is -0.0911. The maximum absolute atomic E-state index is 12.3. The molecule has 1 aliphatic rings. The first-order valence-electron chi connectivity index (χ1n) is 8.42. The summed E-state index contributed by atoms with van der Waals surface area (Å²) in [5.74, 6) is 0.602. The fourth-order valence-electron chi connectivity index (χ4n) is 2.69. The first-order valence-corrected chi connectivity index (χ1v) is 9.59.